The molecule has 0 atom stereocenters. The van der Waals surface area contributed by atoms with E-state index in [1.807, 2.05) is 0 Å². The number of rotatable bonds is 9. The van der Waals surface area contributed by atoms with Crippen LogP contribution in [-0.4, -0.2) is 36.9 Å². The second-order valence-electron chi connectivity index (χ2n) is 4.29. The van der Waals surface area contributed by atoms with Crippen molar-refractivity contribution in [1.29, 1.82) is 0 Å². The van der Waals surface area contributed by atoms with E-state index in [1.54, 1.807) is 7.11 Å². The Hall–Kier alpha value is -0.660. The van der Waals surface area contributed by atoms with Gasteiger partial charge >= 0.3 is 0 Å². The maximum Gasteiger partial charge on any atom is 0.296 e. The number of unbranched alkanes of at least 4 members (excludes halogenated alkanes) is 3. The molecule has 0 saturated carbocycles. The van der Waals surface area contributed by atoms with E-state index in [1.165, 1.54) is 4.57 Å². The van der Waals surface area contributed by atoms with Crippen LogP contribution in [-0.2, 0) is 26.8 Å². The fraction of sp³-hybridized carbons (Fsp3) is 0.818. The maximum absolute atomic E-state index is 11.4. The molecule has 0 amide bonds. The molecular formula is C11H20ClN3O3S. The normalized spacial score (nSPS) is 11.9. The highest BCUT2D eigenvalue weighted by Crippen LogP contribution is 2.15. The molecule has 0 saturated heterocycles. The zero-order valence-electron chi connectivity index (χ0n) is 11.3. The first-order valence-electron chi connectivity index (χ1n) is 6.36. The summed E-state index contributed by atoms with van der Waals surface area (Å²) in [5, 5.41) is 7.41. The Morgan fingerprint density at radius 3 is 2.58 bits per heavy atom. The van der Waals surface area contributed by atoms with Gasteiger partial charge in [0.15, 0.2) is 0 Å². The molecule has 6 nitrogen and oxygen atoms in total. The van der Waals surface area contributed by atoms with Crippen molar-refractivity contribution in [3.8, 4) is 0 Å². The van der Waals surface area contributed by atoms with E-state index >= 15 is 0 Å². The van der Waals surface area contributed by atoms with Crippen LogP contribution in [0.25, 0.3) is 0 Å². The average molecular weight is 310 g/mol. The molecule has 0 fully saturated rings. The predicted molar refractivity (Wildman–Crippen MR) is 72.8 cm³/mol. The fourth-order valence-electron chi connectivity index (χ4n) is 1.80. The Balaban J connectivity index is 2.82. The zero-order chi connectivity index (χ0) is 14.3. The molecule has 19 heavy (non-hydrogen) atoms. The number of halogens is 1. The molecule has 0 unspecified atom stereocenters. The van der Waals surface area contributed by atoms with Crippen LogP contribution in [0.4, 0.5) is 0 Å². The van der Waals surface area contributed by atoms with E-state index in [0.717, 1.165) is 25.7 Å². The van der Waals surface area contributed by atoms with Crippen molar-refractivity contribution in [2.45, 2.75) is 50.7 Å². The molecule has 110 valence electrons. The number of methoxy groups -OCH3 is 1. The van der Waals surface area contributed by atoms with Crippen LogP contribution in [0.2, 0.25) is 0 Å². The van der Waals surface area contributed by atoms with Crippen LogP contribution < -0.4 is 0 Å². The Morgan fingerprint density at radius 1 is 1.26 bits per heavy atom. The summed E-state index contributed by atoms with van der Waals surface area (Å²) < 4.78 is 29.3. The second kappa shape index (κ2) is 7.81. The van der Waals surface area contributed by atoms with Gasteiger partial charge in [-0.2, -0.15) is 0 Å². The number of aryl methyl sites for hydroxylation is 1. The summed E-state index contributed by atoms with van der Waals surface area (Å²) in [7, 11) is 3.03. The van der Waals surface area contributed by atoms with Crippen LogP contribution in [0.3, 0.4) is 0 Å². The SMILES string of the molecule is CCCCCCc1nnc(S(=O)(=O)Cl)n1CCOC. The van der Waals surface area contributed by atoms with Crippen molar-refractivity contribution in [1.82, 2.24) is 14.8 Å². The first-order chi connectivity index (χ1) is 9.00. The zero-order valence-corrected chi connectivity index (χ0v) is 12.9. The summed E-state index contributed by atoms with van der Waals surface area (Å²) in [6, 6.07) is 0. The quantitative estimate of drug-likeness (QED) is 0.515. The van der Waals surface area contributed by atoms with Gasteiger partial charge in [0.1, 0.15) is 5.82 Å². The maximum atomic E-state index is 11.4. The van der Waals surface area contributed by atoms with Crippen molar-refractivity contribution in [2.75, 3.05) is 13.7 Å². The molecular weight excluding hydrogens is 290 g/mol. The number of nitrogens with zero attached hydrogens (tertiary/aromatic N) is 3. The van der Waals surface area contributed by atoms with Crippen LogP contribution in [0, 0.1) is 0 Å². The summed E-state index contributed by atoms with van der Waals surface area (Å²) in [4.78, 5) is 0. The molecule has 0 aromatic carbocycles. The summed E-state index contributed by atoms with van der Waals surface area (Å²) >= 11 is 0. The molecule has 1 rings (SSSR count). The summed E-state index contributed by atoms with van der Waals surface area (Å²) in [5.41, 5.74) is 0. The number of ether oxygens (including phenoxy) is 1. The van der Waals surface area contributed by atoms with Crippen LogP contribution in [0.15, 0.2) is 5.16 Å². The molecule has 0 radical (unpaired) electrons. The Bertz CT molecular complexity index is 487. The average Bonchev–Trinajstić information content (AvgIpc) is 2.75. The molecule has 0 aliphatic heterocycles. The molecule has 1 aromatic heterocycles. The lowest BCUT2D eigenvalue weighted by atomic mass is 10.1. The van der Waals surface area contributed by atoms with Crippen molar-refractivity contribution in [3.63, 3.8) is 0 Å². The minimum absolute atomic E-state index is 0.197. The lowest BCUT2D eigenvalue weighted by Crippen LogP contribution is -2.13. The summed E-state index contributed by atoms with van der Waals surface area (Å²) in [5.74, 6) is 0.646. The molecule has 8 heteroatoms. The van der Waals surface area contributed by atoms with Gasteiger partial charge in [0.2, 0.25) is 0 Å². The third kappa shape index (κ3) is 5.08. The molecule has 0 aliphatic rings. The van der Waals surface area contributed by atoms with E-state index in [9.17, 15) is 8.42 Å². The van der Waals surface area contributed by atoms with Gasteiger partial charge in [-0.25, -0.2) is 8.42 Å². The van der Waals surface area contributed by atoms with Gasteiger partial charge in [-0.05, 0) is 6.42 Å². The largest absolute Gasteiger partial charge is 0.383 e. The van der Waals surface area contributed by atoms with E-state index in [4.69, 9.17) is 15.4 Å². The number of hydrogen-bond donors (Lipinski definition) is 0. The van der Waals surface area contributed by atoms with Crippen molar-refractivity contribution >= 4 is 19.7 Å². The van der Waals surface area contributed by atoms with Gasteiger partial charge in [-0.3, -0.25) is 4.57 Å². The van der Waals surface area contributed by atoms with Gasteiger partial charge in [-0.1, -0.05) is 26.2 Å². The number of aromatic nitrogens is 3. The molecule has 0 bridgehead atoms. The van der Waals surface area contributed by atoms with Crippen LogP contribution >= 0.6 is 10.7 Å². The second-order valence-corrected chi connectivity index (χ2v) is 6.75. The lowest BCUT2D eigenvalue weighted by Gasteiger charge is -2.08. The van der Waals surface area contributed by atoms with Crippen molar-refractivity contribution in [2.24, 2.45) is 0 Å². The Labute approximate surface area is 118 Å². The molecule has 1 aromatic rings. The minimum atomic E-state index is -3.87. The van der Waals surface area contributed by atoms with Gasteiger partial charge in [0.05, 0.1) is 6.61 Å². The first kappa shape index (κ1) is 16.4. The Kier molecular flexibility index (Phi) is 6.74. The highest BCUT2D eigenvalue weighted by Gasteiger charge is 2.22. The summed E-state index contributed by atoms with van der Waals surface area (Å²) in [6.07, 6.45) is 5.06. The van der Waals surface area contributed by atoms with Gasteiger partial charge < -0.3 is 4.74 Å². The topological polar surface area (TPSA) is 74.1 Å². The lowest BCUT2D eigenvalue weighted by molar-refractivity contribution is 0.183. The van der Waals surface area contributed by atoms with E-state index in [0.29, 0.717) is 25.4 Å². The molecule has 0 N–H and O–H groups in total. The van der Waals surface area contributed by atoms with Crippen molar-refractivity contribution < 1.29 is 13.2 Å². The van der Waals surface area contributed by atoms with E-state index in [-0.39, 0.29) is 5.16 Å². The van der Waals surface area contributed by atoms with Gasteiger partial charge in [0, 0.05) is 30.8 Å². The Morgan fingerprint density at radius 2 is 2.00 bits per heavy atom. The van der Waals surface area contributed by atoms with Gasteiger partial charge in [-0.15, -0.1) is 10.2 Å². The third-order valence-electron chi connectivity index (χ3n) is 2.78. The van der Waals surface area contributed by atoms with E-state index < -0.39 is 9.05 Å². The van der Waals surface area contributed by atoms with Gasteiger partial charge in [0.25, 0.3) is 14.2 Å². The molecule has 1 heterocycles. The van der Waals surface area contributed by atoms with E-state index in [2.05, 4.69) is 17.1 Å². The van der Waals surface area contributed by atoms with Crippen molar-refractivity contribution in [3.05, 3.63) is 5.82 Å². The third-order valence-corrected chi connectivity index (χ3v) is 3.94. The standard InChI is InChI=1S/C11H20ClN3O3S/c1-3-4-5-6-7-10-13-14-11(19(12,16)17)15(10)8-9-18-2/h3-9H2,1-2H3. The monoisotopic (exact) mass is 309 g/mol. The summed E-state index contributed by atoms with van der Waals surface area (Å²) in [6.45, 7) is 2.91. The van der Waals surface area contributed by atoms with Crippen LogP contribution in [0.5, 0.6) is 0 Å². The highest BCUT2D eigenvalue weighted by molar-refractivity contribution is 8.13. The highest BCUT2D eigenvalue weighted by atomic mass is 35.7. The smallest absolute Gasteiger partial charge is 0.296 e. The number of hydrogen-bond acceptors (Lipinski definition) is 5. The molecule has 0 spiro atoms. The van der Waals surface area contributed by atoms with Crippen LogP contribution in [0.1, 0.15) is 38.4 Å². The first-order valence-corrected chi connectivity index (χ1v) is 8.67. The molecule has 0 aliphatic carbocycles. The predicted octanol–water partition coefficient (Wildman–Crippen LogP) is 1.97. The fourth-order valence-corrected chi connectivity index (χ4v) is 2.74. The minimum Gasteiger partial charge on any atom is -0.383 e.